The number of carbonyl (C=O) groups is 1. The van der Waals surface area contributed by atoms with Gasteiger partial charge in [-0.25, -0.2) is 8.42 Å². The van der Waals surface area contributed by atoms with Gasteiger partial charge in [-0.05, 0) is 30.3 Å². The first-order valence-electron chi connectivity index (χ1n) is 7.61. The molecule has 0 aliphatic carbocycles. The largest absolute Gasteiger partial charge is 0.347 e. The number of thiophene rings is 1. The fourth-order valence-electron chi connectivity index (χ4n) is 2.26. The van der Waals surface area contributed by atoms with Crippen molar-refractivity contribution in [1.29, 1.82) is 0 Å². The minimum atomic E-state index is -3.75. The zero-order valence-corrected chi connectivity index (χ0v) is 16.9. The maximum absolute atomic E-state index is 12.7. The molecule has 0 saturated heterocycles. The number of sulfonamides is 1. The van der Waals surface area contributed by atoms with Crippen LogP contribution in [0.2, 0.25) is 9.36 Å². The van der Waals surface area contributed by atoms with Gasteiger partial charge in [-0.3, -0.25) is 4.79 Å². The highest BCUT2D eigenvalue weighted by Crippen LogP contribution is 2.26. The van der Waals surface area contributed by atoms with Crippen molar-refractivity contribution in [2.75, 3.05) is 13.1 Å². The highest BCUT2D eigenvalue weighted by Gasteiger charge is 2.25. The molecule has 1 aromatic heterocycles. The summed E-state index contributed by atoms with van der Waals surface area (Å²) in [4.78, 5) is 13.2. The quantitative estimate of drug-likeness (QED) is 0.735. The maximum Gasteiger partial charge on any atom is 0.251 e. The molecule has 0 saturated carbocycles. The number of halogens is 2. The summed E-state index contributed by atoms with van der Waals surface area (Å²) in [6, 6.07) is 7.82. The SMILES string of the molecule is CCN(CC)S(=O)(=O)c1cc(C(=O)NCc2ccc(Cl)s2)ccc1Cl. The van der Waals surface area contributed by atoms with E-state index in [0.717, 1.165) is 4.88 Å². The van der Waals surface area contributed by atoms with E-state index in [1.54, 1.807) is 19.9 Å². The van der Waals surface area contributed by atoms with Gasteiger partial charge in [-0.2, -0.15) is 4.31 Å². The average molecular weight is 421 g/mol. The van der Waals surface area contributed by atoms with Crippen molar-refractivity contribution in [2.45, 2.75) is 25.3 Å². The van der Waals surface area contributed by atoms with Crippen LogP contribution in [0.25, 0.3) is 0 Å². The zero-order valence-electron chi connectivity index (χ0n) is 13.8. The van der Waals surface area contributed by atoms with Crippen LogP contribution >= 0.6 is 34.5 Å². The Bertz CT molecular complexity index is 862. The van der Waals surface area contributed by atoms with E-state index in [-0.39, 0.29) is 21.4 Å². The number of hydrogen-bond acceptors (Lipinski definition) is 4. The monoisotopic (exact) mass is 420 g/mol. The molecule has 9 heteroatoms. The first kappa shape index (κ1) is 20.2. The summed E-state index contributed by atoms with van der Waals surface area (Å²) in [5, 5.41) is 2.84. The van der Waals surface area contributed by atoms with Gasteiger partial charge >= 0.3 is 0 Å². The van der Waals surface area contributed by atoms with Crippen molar-refractivity contribution in [2.24, 2.45) is 0 Å². The van der Waals surface area contributed by atoms with Crippen LogP contribution < -0.4 is 5.32 Å². The van der Waals surface area contributed by atoms with Crippen LogP contribution in [0.4, 0.5) is 0 Å². The van der Waals surface area contributed by atoms with E-state index in [9.17, 15) is 13.2 Å². The first-order valence-corrected chi connectivity index (χ1v) is 10.6. The van der Waals surface area contributed by atoms with Crippen LogP contribution in [0.15, 0.2) is 35.2 Å². The topological polar surface area (TPSA) is 66.5 Å². The molecule has 0 aliphatic rings. The summed E-state index contributed by atoms with van der Waals surface area (Å²) < 4.78 is 27.3. The lowest BCUT2D eigenvalue weighted by Gasteiger charge is -2.19. The summed E-state index contributed by atoms with van der Waals surface area (Å²) in [7, 11) is -3.75. The van der Waals surface area contributed by atoms with Crippen molar-refractivity contribution in [3.63, 3.8) is 0 Å². The van der Waals surface area contributed by atoms with E-state index in [0.29, 0.717) is 24.0 Å². The molecule has 0 bridgehead atoms. The van der Waals surface area contributed by atoms with Crippen LogP contribution in [-0.4, -0.2) is 31.7 Å². The summed E-state index contributed by atoms with van der Waals surface area (Å²) in [6.07, 6.45) is 0. The molecule has 25 heavy (non-hydrogen) atoms. The standard InChI is InChI=1S/C16H18Cl2N2O3S2/c1-3-20(4-2)25(22,23)14-9-11(5-7-13(14)17)16(21)19-10-12-6-8-15(18)24-12/h5-9H,3-4,10H2,1-2H3,(H,19,21). The minimum absolute atomic E-state index is 0.0651. The third-order valence-electron chi connectivity index (χ3n) is 3.57. The van der Waals surface area contributed by atoms with Crippen molar-refractivity contribution < 1.29 is 13.2 Å². The van der Waals surface area contributed by atoms with Crippen LogP contribution in [0.1, 0.15) is 29.1 Å². The average Bonchev–Trinajstić information content (AvgIpc) is 2.99. The Hall–Kier alpha value is -1.12. The van der Waals surface area contributed by atoms with E-state index in [1.165, 1.54) is 33.8 Å². The van der Waals surface area contributed by atoms with Gasteiger partial charge in [0.05, 0.1) is 15.9 Å². The number of carbonyl (C=O) groups excluding carboxylic acids is 1. The van der Waals surface area contributed by atoms with Crippen molar-refractivity contribution in [3.8, 4) is 0 Å². The van der Waals surface area contributed by atoms with E-state index in [4.69, 9.17) is 23.2 Å². The Morgan fingerprint density at radius 3 is 2.40 bits per heavy atom. The third kappa shape index (κ3) is 4.74. The molecule has 1 heterocycles. The zero-order chi connectivity index (χ0) is 18.6. The second-order valence-corrected chi connectivity index (χ2v) is 9.24. The second kappa shape index (κ2) is 8.51. The normalized spacial score (nSPS) is 11.7. The fraction of sp³-hybridized carbons (Fsp3) is 0.312. The molecule has 0 fully saturated rings. The highest BCUT2D eigenvalue weighted by atomic mass is 35.5. The lowest BCUT2D eigenvalue weighted by molar-refractivity contribution is 0.0951. The van der Waals surface area contributed by atoms with Crippen LogP contribution in [0.5, 0.6) is 0 Å². The number of nitrogens with zero attached hydrogens (tertiary/aromatic N) is 1. The van der Waals surface area contributed by atoms with Gasteiger partial charge in [0, 0.05) is 23.5 Å². The molecule has 136 valence electrons. The lowest BCUT2D eigenvalue weighted by Crippen LogP contribution is -2.31. The summed E-state index contributed by atoms with van der Waals surface area (Å²) >= 11 is 13.3. The molecular weight excluding hydrogens is 403 g/mol. The lowest BCUT2D eigenvalue weighted by atomic mass is 10.2. The van der Waals surface area contributed by atoms with Crippen LogP contribution in [-0.2, 0) is 16.6 Å². The third-order valence-corrected chi connectivity index (χ3v) is 7.33. The molecule has 1 amide bonds. The van der Waals surface area contributed by atoms with Gasteiger partial charge in [-0.1, -0.05) is 37.0 Å². The molecule has 2 aromatic rings. The number of hydrogen-bond donors (Lipinski definition) is 1. The van der Waals surface area contributed by atoms with Crippen molar-refractivity contribution in [3.05, 3.63) is 50.1 Å². The first-order chi connectivity index (χ1) is 11.8. The summed E-state index contributed by atoms with van der Waals surface area (Å²) in [5.41, 5.74) is 0.234. The Kier molecular flexibility index (Phi) is 6.87. The van der Waals surface area contributed by atoms with Crippen LogP contribution in [0.3, 0.4) is 0 Å². The molecule has 5 nitrogen and oxygen atoms in total. The fourth-order valence-corrected chi connectivity index (χ4v) is 5.25. The van der Waals surface area contributed by atoms with Gasteiger partial charge in [-0.15, -0.1) is 11.3 Å². The molecule has 1 aromatic carbocycles. The number of rotatable bonds is 7. The smallest absolute Gasteiger partial charge is 0.251 e. The highest BCUT2D eigenvalue weighted by molar-refractivity contribution is 7.89. The summed E-state index contributed by atoms with van der Waals surface area (Å²) in [6.45, 7) is 4.46. The number of benzene rings is 1. The predicted octanol–water partition coefficient (Wildman–Crippen LogP) is 4.02. The minimum Gasteiger partial charge on any atom is -0.347 e. The predicted molar refractivity (Wildman–Crippen MR) is 102 cm³/mol. The molecule has 0 atom stereocenters. The number of amides is 1. The molecule has 1 N–H and O–H groups in total. The Morgan fingerprint density at radius 2 is 1.84 bits per heavy atom. The molecular formula is C16H18Cl2N2O3S2. The molecule has 2 rings (SSSR count). The van der Waals surface area contributed by atoms with Gasteiger partial charge in [0.2, 0.25) is 10.0 Å². The van der Waals surface area contributed by atoms with Crippen molar-refractivity contribution in [1.82, 2.24) is 9.62 Å². The van der Waals surface area contributed by atoms with Gasteiger partial charge in [0.15, 0.2) is 0 Å². The summed E-state index contributed by atoms with van der Waals surface area (Å²) in [5.74, 6) is -0.378. The van der Waals surface area contributed by atoms with E-state index >= 15 is 0 Å². The Balaban J connectivity index is 2.24. The molecule has 0 unspecified atom stereocenters. The maximum atomic E-state index is 12.7. The van der Waals surface area contributed by atoms with Crippen LogP contribution in [0, 0.1) is 0 Å². The van der Waals surface area contributed by atoms with Gasteiger partial charge in [0.1, 0.15) is 4.90 Å². The van der Waals surface area contributed by atoms with E-state index in [2.05, 4.69) is 5.32 Å². The second-order valence-electron chi connectivity index (χ2n) is 5.12. The van der Waals surface area contributed by atoms with Crippen molar-refractivity contribution >= 4 is 50.5 Å². The molecule has 0 aliphatic heterocycles. The molecule has 0 radical (unpaired) electrons. The van der Waals surface area contributed by atoms with E-state index in [1.807, 2.05) is 6.07 Å². The molecule has 0 spiro atoms. The number of nitrogens with one attached hydrogen (secondary N) is 1. The Labute approximate surface area is 161 Å². The Morgan fingerprint density at radius 1 is 1.16 bits per heavy atom. The van der Waals surface area contributed by atoms with Gasteiger partial charge < -0.3 is 5.32 Å². The van der Waals surface area contributed by atoms with Gasteiger partial charge in [0.25, 0.3) is 5.91 Å². The van der Waals surface area contributed by atoms with E-state index < -0.39 is 10.0 Å².